The first-order valence-electron chi connectivity index (χ1n) is 3.71. The molecule has 0 spiro atoms. The molecular formula is C7H17N3O2. The van der Waals surface area contributed by atoms with Crippen LogP contribution in [0.15, 0.2) is 0 Å². The predicted octanol–water partition coefficient (Wildman–Crippen LogP) is -1.32. The van der Waals surface area contributed by atoms with Gasteiger partial charge < -0.3 is 10.8 Å². The van der Waals surface area contributed by atoms with Crippen molar-refractivity contribution in [3.05, 3.63) is 0 Å². The number of nitrogens with zero attached hydrogens (tertiary/aromatic N) is 1. The van der Waals surface area contributed by atoms with Crippen LogP contribution in [0.3, 0.4) is 0 Å². The Morgan fingerprint density at radius 3 is 2.25 bits per heavy atom. The van der Waals surface area contributed by atoms with Crippen LogP contribution in [0.25, 0.3) is 0 Å². The number of carbonyl (C=O) groups excluding carboxylic acids is 1. The second-order valence-corrected chi connectivity index (χ2v) is 3.50. The molecule has 0 unspecified atom stereocenters. The standard InChI is InChI=1S/C7H17N3O2/c1-7(2,12)5(8)6(11)9-10(3)4/h5,12H,8H2,1-4H3,(H,9,11)/t5-/m1/s1. The van der Waals surface area contributed by atoms with Gasteiger partial charge in [0, 0.05) is 14.1 Å². The molecule has 0 aliphatic heterocycles. The van der Waals surface area contributed by atoms with Crippen molar-refractivity contribution in [3.8, 4) is 0 Å². The normalized spacial score (nSPS) is 14.6. The minimum atomic E-state index is -1.19. The number of hydrogen-bond acceptors (Lipinski definition) is 4. The molecular weight excluding hydrogens is 158 g/mol. The fourth-order valence-electron chi connectivity index (χ4n) is 0.611. The summed E-state index contributed by atoms with van der Waals surface area (Å²) in [6, 6.07) is -0.917. The summed E-state index contributed by atoms with van der Waals surface area (Å²) in [5, 5.41) is 10.8. The molecule has 12 heavy (non-hydrogen) atoms. The van der Waals surface area contributed by atoms with E-state index < -0.39 is 17.6 Å². The zero-order valence-corrected chi connectivity index (χ0v) is 7.96. The SMILES string of the molecule is CN(C)NC(=O)[C@@H](N)C(C)(C)O. The number of aliphatic hydroxyl groups is 1. The monoisotopic (exact) mass is 175 g/mol. The minimum absolute atomic E-state index is 0.396. The zero-order chi connectivity index (χ0) is 9.94. The van der Waals surface area contributed by atoms with Crippen LogP contribution in [0, 0.1) is 0 Å². The van der Waals surface area contributed by atoms with Gasteiger partial charge in [0.1, 0.15) is 6.04 Å². The number of amides is 1. The quantitative estimate of drug-likeness (QED) is 0.465. The van der Waals surface area contributed by atoms with E-state index in [-0.39, 0.29) is 0 Å². The van der Waals surface area contributed by atoms with Crippen molar-refractivity contribution in [2.24, 2.45) is 5.73 Å². The highest BCUT2D eigenvalue weighted by Crippen LogP contribution is 2.05. The molecule has 0 radical (unpaired) electrons. The van der Waals surface area contributed by atoms with Gasteiger partial charge in [0.15, 0.2) is 0 Å². The van der Waals surface area contributed by atoms with Gasteiger partial charge in [-0.1, -0.05) is 0 Å². The summed E-state index contributed by atoms with van der Waals surface area (Å²) in [6.07, 6.45) is 0. The van der Waals surface area contributed by atoms with Crippen LogP contribution >= 0.6 is 0 Å². The second kappa shape index (κ2) is 3.84. The van der Waals surface area contributed by atoms with E-state index >= 15 is 0 Å². The van der Waals surface area contributed by atoms with Gasteiger partial charge >= 0.3 is 0 Å². The first-order valence-corrected chi connectivity index (χ1v) is 3.71. The van der Waals surface area contributed by atoms with Crippen LogP contribution < -0.4 is 11.2 Å². The lowest BCUT2D eigenvalue weighted by molar-refractivity contribution is -0.131. The molecule has 1 atom stereocenters. The summed E-state index contributed by atoms with van der Waals surface area (Å²) < 4.78 is 0. The summed E-state index contributed by atoms with van der Waals surface area (Å²) >= 11 is 0. The molecule has 72 valence electrons. The number of rotatable bonds is 3. The lowest BCUT2D eigenvalue weighted by Gasteiger charge is -2.25. The summed E-state index contributed by atoms with van der Waals surface area (Å²) in [5.41, 5.74) is 6.72. The summed E-state index contributed by atoms with van der Waals surface area (Å²) in [6.45, 7) is 2.99. The molecule has 0 aliphatic rings. The number of nitrogens with one attached hydrogen (secondary N) is 1. The summed E-state index contributed by atoms with van der Waals surface area (Å²) in [4.78, 5) is 11.2. The van der Waals surface area contributed by atoms with Crippen molar-refractivity contribution in [2.45, 2.75) is 25.5 Å². The van der Waals surface area contributed by atoms with Gasteiger partial charge in [-0.25, -0.2) is 5.01 Å². The molecule has 5 heteroatoms. The van der Waals surface area contributed by atoms with Crippen molar-refractivity contribution in [3.63, 3.8) is 0 Å². The Morgan fingerprint density at radius 1 is 1.58 bits per heavy atom. The lowest BCUT2D eigenvalue weighted by atomic mass is 10.00. The van der Waals surface area contributed by atoms with E-state index in [2.05, 4.69) is 5.43 Å². The van der Waals surface area contributed by atoms with Crippen LogP contribution in [-0.4, -0.2) is 41.8 Å². The number of carbonyl (C=O) groups is 1. The van der Waals surface area contributed by atoms with E-state index in [1.54, 1.807) is 14.1 Å². The van der Waals surface area contributed by atoms with Gasteiger partial charge in [-0.15, -0.1) is 0 Å². The smallest absolute Gasteiger partial charge is 0.254 e. The number of nitrogens with two attached hydrogens (primary N) is 1. The van der Waals surface area contributed by atoms with Gasteiger partial charge in [0.05, 0.1) is 5.60 Å². The maximum Gasteiger partial charge on any atom is 0.254 e. The van der Waals surface area contributed by atoms with Crippen LogP contribution in [0.1, 0.15) is 13.8 Å². The average Bonchev–Trinajstić information content (AvgIpc) is 1.82. The molecule has 0 aromatic heterocycles. The second-order valence-electron chi connectivity index (χ2n) is 3.50. The topological polar surface area (TPSA) is 78.6 Å². The van der Waals surface area contributed by atoms with Gasteiger partial charge in [-0.3, -0.25) is 10.2 Å². The van der Waals surface area contributed by atoms with E-state index in [1.807, 2.05) is 0 Å². The van der Waals surface area contributed by atoms with E-state index in [0.29, 0.717) is 0 Å². The zero-order valence-electron chi connectivity index (χ0n) is 7.96. The molecule has 0 saturated heterocycles. The molecule has 0 saturated carbocycles. The highest BCUT2D eigenvalue weighted by Gasteiger charge is 2.29. The summed E-state index contributed by atoms with van der Waals surface area (Å²) in [7, 11) is 3.35. The van der Waals surface area contributed by atoms with Crippen molar-refractivity contribution in [1.82, 2.24) is 10.4 Å². The number of hydrazine groups is 1. The largest absolute Gasteiger partial charge is 0.388 e. The van der Waals surface area contributed by atoms with E-state index in [4.69, 9.17) is 5.73 Å². The Kier molecular flexibility index (Phi) is 3.63. The van der Waals surface area contributed by atoms with Crippen LogP contribution in [0.5, 0.6) is 0 Å². The molecule has 0 aliphatic carbocycles. The lowest BCUT2D eigenvalue weighted by Crippen LogP contribution is -2.56. The first kappa shape index (κ1) is 11.4. The van der Waals surface area contributed by atoms with Gasteiger partial charge in [0.2, 0.25) is 0 Å². The van der Waals surface area contributed by atoms with Crippen molar-refractivity contribution < 1.29 is 9.90 Å². The van der Waals surface area contributed by atoms with Crippen LogP contribution in [0.2, 0.25) is 0 Å². The fourth-order valence-corrected chi connectivity index (χ4v) is 0.611. The van der Waals surface area contributed by atoms with Crippen LogP contribution in [0.4, 0.5) is 0 Å². The molecule has 0 bridgehead atoms. The van der Waals surface area contributed by atoms with Gasteiger partial charge in [-0.05, 0) is 13.8 Å². The van der Waals surface area contributed by atoms with Gasteiger partial charge in [-0.2, -0.15) is 0 Å². The van der Waals surface area contributed by atoms with Crippen molar-refractivity contribution in [1.29, 1.82) is 0 Å². The average molecular weight is 175 g/mol. The molecule has 1 amide bonds. The van der Waals surface area contributed by atoms with E-state index in [1.165, 1.54) is 18.9 Å². The summed E-state index contributed by atoms with van der Waals surface area (Å²) in [5.74, 6) is -0.396. The maximum absolute atomic E-state index is 11.2. The van der Waals surface area contributed by atoms with Crippen LogP contribution in [-0.2, 0) is 4.79 Å². The fraction of sp³-hybridized carbons (Fsp3) is 0.857. The Hall–Kier alpha value is -0.650. The Balaban J connectivity index is 4.12. The van der Waals surface area contributed by atoms with Crippen molar-refractivity contribution in [2.75, 3.05) is 14.1 Å². The Morgan fingerprint density at radius 2 is 2.00 bits per heavy atom. The Labute approximate surface area is 72.5 Å². The third-order valence-corrected chi connectivity index (χ3v) is 1.38. The predicted molar refractivity (Wildman–Crippen MR) is 46.1 cm³/mol. The molecule has 0 rings (SSSR count). The van der Waals surface area contributed by atoms with E-state index in [9.17, 15) is 9.90 Å². The minimum Gasteiger partial charge on any atom is -0.388 e. The van der Waals surface area contributed by atoms with Crippen molar-refractivity contribution >= 4 is 5.91 Å². The van der Waals surface area contributed by atoms with E-state index in [0.717, 1.165) is 0 Å². The third kappa shape index (κ3) is 3.66. The first-order chi connectivity index (χ1) is 5.25. The molecule has 0 fully saturated rings. The number of hydrogen-bond donors (Lipinski definition) is 3. The molecule has 4 N–H and O–H groups in total. The highest BCUT2D eigenvalue weighted by atomic mass is 16.3. The Bertz CT molecular complexity index is 163. The molecule has 0 heterocycles. The third-order valence-electron chi connectivity index (χ3n) is 1.38. The molecule has 0 aromatic rings. The highest BCUT2D eigenvalue weighted by molar-refractivity contribution is 5.82. The maximum atomic E-state index is 11.2. The van der Waals surface area contributed by atoms with Gasteiger partial charge in [0.25, 0.3) is 5.91 Å². The molecule has 5 nitrogen and oxygen atoms in total. The molecule has 0 aromatic carbocycles.